The number of nitrogens with one attached hydrogen (secondary N) is 9. The van der Waals surface area contributed by atoms with Crippen molar-refractivity contribution in [3.8, 4) is 0 Å². The number of aliphatic imine (C=N–C) groups is 2. The molecule has 468 valence electrons. The van der Waals surface area contributed by atoms with Crippen LogP contribution < -0.4 is 65.5 Å². The molecule has 0 aliphatic carbocycles. The summed E-state index contributed by atoms with van der Waals surface area (Å²) in [7, 11) is 0. The molecule has 19 N–H and O–H groups in total. The molecule has 8 atom stereocenters. The first-order valence-corrected chi connectivity index (χ1v) is 29.8. The van der Waals surface area contributed by atoms with Crippen LogP contribution in [0.1, 0.15) is 183 Å². The molecule has 0 aromatic carbocycles. The van der Waals surface area contributed by atoms with Crippen molar-refractivity contribution in [2.24, 2.45) is 50.7 Å². The molecule has 0 unspecified atom stereocenters. The number of H-pyrrole nitrogens is 1. The third-order valence-electron chi connectivity index (χ3n) is 13.8. The van der Waals surface area contributed by atoms with Crippen molar-refractivity contribution in [1.29, 1.82) is 0 Å². The molecule has 0 saturated carbocycles. The van der Waals surface area contributed by atoms with Crippen molar-refractivity contribution in [1.82, 2.24) is 52.5 Å². The number of hydrogen-bond acceptors (Lipinski definition) is 13. The second kappa shape index (κ2) is 43.2. The second-order valence-corrected chi connectivity index (χ2v) is 22.2. The number of nitrogens with zero attached hydrogens (tertiary/aromatic N) is 3. The van der Waals surface area contributed by atoms with Crippen LogP contribution in [0.15, 0.2) is 22.5 Å². The maximum Gasteiger partial charge on any atom is 0.326 e. The predicted octanol–water partition coefficient (Wildman–Crippen LogP) is 1.35. The lowest BCUT2D eigenvalue weighted by atomic mass is 9.99. The van der Waals surface area contributed by atoms with Crippen molar-refractivity contribution in [3.63, 3.8) is 0 Å². The Kier molecular flexibility index (Phi) is 38.7. The number of imidazole rings is 1. The van der Waals surface area contributed by atoms with E-state index in [1.165, 1.54) is 76.7 Å². The number of carboxylic acid groups (broad SMARTS) is 1. The van der Waals surface area contributed by atoms with Crippen LogP contribution in [0.25, 0.3) is 0 Å². The van der Waals surface area contributed by atoms with E-state index in [2.05, 4.69) is 69.4 Å². The number of carbonyl (C=O) groups excluding carboxylic acids is 7. The van der Waals surface area contributed by atoms with E-state index in [0.717, 1.165) is 19.3 Å². The van der Waals surface area contributed by atoms with Crippen molar-refractivity contribution in [2.75, 3.05) is 32.8 Å². The number of amides is 7. The molecule has 1 aromatic heterocycles. The van der Waals surface area contributed by atoms with Gasteiger partial charge in [-0.1, -0.05) is 132 Å². The maximum absolute atomic E-state index is 14.5. The molecule has 0 bridgehead atoms. The van der Waals surface area contributed by atoms with Crippen LogP contribution in [0.4, 0.5) is 0 Å². The lowest BCUT2D eigenvalue weighted by Gasteiger charge is -2.28. The van der Waals surface area contributed by atoms with Crippen LogP contribution >= 0.6 is 0 Å². The molecule has 0 aliphatic heterocycles. The van der Waals surface area contributed by atoms with Crippen LogP contribution in [0.5, 0.6) is 0 Å². The van der Waals surface area contributed by atoms with Crippen LogP contribution in [-0.4, -0.2) is 154 Å². The predicted molar refractivity (Wildman–Crippen MR) is 317 cm³/mol. The maximum atomic E-state index is 14.5. The zero-order chi connectivity index (χ0) is 61.4. The number of hydrogen-bond donors (Lipinski definition) is 15. The fourth-order valence-electron chi connectivity index (χ4n) is 8.98. The quantitative estimate of drug-likeness (QED) is 0.0249. The van der Waals surface area contributed by atoms with E-state index in [4.69, 9.17) is 22.9 Å². The summed E-state index contributed by atoms with van der Waals surface area (Å²) in [6, 6.07) is -9.33. The molecule has 82 heavy (non-hydrogen) atoms. The molecule has 26 nitrogen and oxygen atoms in total. The topological polar surface area (TPSA) is 431 Å². The molecular weight excluding hydrogens is 1060 g/mol. The summed E-state index contributed by atoms with van der Waals surface area (Å²) < 4.78 is 0. The number of aliphatic hydroxyl groups excluding tert-OH is 1. The summed E-state index contributed by atoms with van der Waals surface area (Å²) in [5, 5.41) is 41.6. The number of carboxylic acids is 1. The van der Waals surface area contributed by atoms with E-state index >= 15 is 0 Å². The van der Waals surface area contributed by atoms with E-state index in [0.29, 0.717) is 18.7 Å². The number of nitrogens with two attached hydrogens (primary N) is 4. The number of rotatable bonds is 47. The Morgan fingerprint density at radius 3 is 1.39 bits per heavy atom. The molecule has 1 rings (SSSR count). The van der Waals surface area contributed by atoms with Gasteiger partial charge in [0.05, 0.1) is 19.5 Å². The minimum atomic E-state index is -1.63. The number of aromatic amines is 1. The van der Waals surface area contributed by atoms with Gasteiger partial charge in [0, 0.05) is 31.4 Å². The molecule has 0 radical (unpaired) electrons. The number of aliphatic carboxylic acids is 1. The number of carbonyl (C=O) groups is 8. The van der Waals surface area contributed by atoms with E-state index in [-0.39, 0.29) is 94.2 Å². The second-order valence-electron chi connectivity index (χ2n) is 22.2. The number of guanidine groups is 2. The molecule has 0 aliphatic rings. The summed E-state index contributed by atoms with van der Waals surface area (Å²) in [4.78, 5) is 124. The number of unbranched alkanes of at least 4 members (excludes halogenated alkanes) is 12. The van der Waals surface area contributed by atoms with Gasteiger partial charge < -0.3 is 80.7 Å². The smallest absolute Gasteiger partial charge is 0.326 e. The Hall–Kier alpha value is -6.57. The summed E-state index contributed by atoms with van der Waals surface area (Å²) in [6.45, 7) is 13.0. The molecule has 26 heteroatoms. The molecular formula is C56H104N16O10. The van der Waals surface area contributed by atoms with Crippen molar-refractivity contribution >= 4 is 59.2 Å². The highest BCUT2D eigenvalue weighted by molar-refractivity contribution is 5.97. The molecule has 7 amide bonds. The molecule has 0 saturated heterocycles. The van der Waals surface area contributed by atoms with Crippen LogP contribution in [0, 0.1) is 17.8 Å². The first kappa shape index (κ1) is 73.4. The fraction of sp³-hybridized carbons (Fsp3) is 0.768. The highest BCUT2D eigenvalue weighted by atomic mass is 16.4. The lowest BCUT2D eigenvalue weighted by molar-refractivity contribution is -0.144. The third-order valence-corrected chi connectivity index (χ3v) is 13.8. The summed E-state index contributed by atoms with van der Waals surface area (Å²) >= 11 is 0. The largest absolute Gasteiger partial charge is 0.480 e. The molecule has 1 heterocycles. The van der Waals surface area contributed by atoms with Crippen LogP contribution in [0.3, 0.4) is 0 Å². The van der Waals surface area contributed by atoms with E-state index < -0.39 is 96.2 Å². The Morgan fingerprint density at radius 2 is 0.963 bits per heavy atom. The van der Waals surface area contributed by atoms with Crippen LogP contribution in [-0.2, 0) is 44.8 Å². The van der Waals surface area contributed by atoms with Gasteiger partial charge in [0.25, 0.3) is 0 Å². The Bertz CT molecular complexity index is 2080. The van der Waals surface area contributed by atoms with Gasteiger partial charge in [-0.2, -0.15) is 0 Å². The summed E-state index contributed by atoms with van der Waals surface area (Å²) in [5.74, 6) is -7.69. The van der Waals surface area contributed by atoms with Crippen molar-refractivity contribution < 1.29 is 48.6 Å². The first-order valence-electron chi connectivity index (χ1n) is 29.8. The van der Waals surface area contributed by atoms with Gasteiger partial charge in [-0.25, -0.2) is 9.78 Å². The number of aliphatic hydroxyl groups is 1. The van der Waals surface area contributed by atoms with Gasteiger partial charge in [-0.05, 0) is 69.2 Å². The first-order chi connectivity index (χ1) is 39.0. The Labute approximate surface area is 486 Å². The highest BCUT2D eigenvalue weighted by Crippen LogP contribution is 2.15. The lowest BCUT2D eigenvalue weighted by Crippen LogP contribution is -2.61. The van der Waals surface area contributed by atoms with Gasteiger partial charge in [-0.3, -0.25) is 43.5 Å². The van der Waals surface area contributed by atoms with E-state index in [9.17, 15) is 48.6 Å². The normalized spacial score (nSPS) is 14.2. The monoisotopic (exact) mass is 1160 g/mol. The minimum Gasteiger partial charge on any atom is -0.480 e. The van der Waals surface area contributed by atoms with Gasteiger partial charge in [-0.15, -0.1) is 0 Å². The van der Waals surface area contributed by atoms with Crippen molar-refractivity contribution in [2.45, 2.75) is 226 Å². The number of aromatic nitrogens is 2. The average Bonchev–Trinajstić information content (AvgIpc) is 4.01. The van der Waals surface area contributed by atoms with Crippen LogP contribution in [0.2, 0.25) is 0 Å². The fourth-order valence-corrected chi connectivity index (χ4v) is 8.98. The third kappa shape index (κ3) is 33.4. The van der Waals surface area contributed by atoms with Gasteiger partial charge in [0.1, 0.15) is 42.3 Å². The molecule has 0 fully saturated rings. The van der Waals surface area contributed by atoms with Gasteiger partial charge in [0.15, 0.2) is 11.9 Å². The minimum absolute atomic E-state index is 0.0101. The van der Waals surface area contributed by atoms with Crippen molar-refractivity contribution in [3.05, 3.63) is 18.2 Å². The Morgan fingerprint density at radius 1 is 0.549 bits per heavy atom. The molecule has 1 aromatic rings. The van der Waals surface area contributed by atoms with E-state index in [1.807, 2.05) is 27.7 Å². The zero-order valence-corrected chi connectivity index (χ0v) is 50.1. The summed E-state index contributed by atoms with van der Waals surface area (Å²) in [5.41, 5.74) is 22.6. The summed E-state index contributed by atoms with van der Waals surface area (Å²) in [6.07, 6.45) is 19.6. The van der Waals surface area contributed by atoms with Gasteiger partial charge >= 0.3 is 5.97 Å². The van der Waals surface area contributed by atoms with Gasteiger partial charge in [0.2, 0.25) is 41.4 Å². The zero-order valence-electron chi connectivity index (χ0n) is 50.1. The highest BCUT2D eigenvalue weighted by Gasteiger charge is 2.35. The molecule has 0 spiro atoms. The Balaban J connectivity index is 3.32. The van der Waals surface area contributed by atoms with E-state index in [1.54, 1.807) is 13.8 Å². The SMILES string of the molecule is CCCCCCCCCCCCCCCNCC(=O)N[C@@H](CC(C)C)C(=O)N[C@@H](CC(C)C)C(=O)N[C@@H](CCCN=C(N)N)C(=O)N[C@H](CCCN=C(N)N)C(=O)N[C@@H](Cc1cnc[nH]1)C(=O)N[C@@H](CO)C(=O)N[C@H](C(=O)O)[C@@H](C)CC. The standard InChI is InChI=1S/C56H104N16O10/c1-8-10-11-12-13-14-15-16-17-18-19-20-21-26-61-33-46(74)66-42(29-36(3)4)50(77)69-43(30-37(5)6)51(78)68-40(24-22-27-63-55(57)58)48(75)67-41(25-23-28-64-56(59)60)49(76)70-44(31-39-32-62-35-65-39)52(79)71-45(34-73)53(80)72-47(54(81)82)38(7)9-2/h32,35-38,40-45,47,61,73H,8-31,33-34H2,1-7H3,(H,62,65)(H,66,74)(H,67,75)(H,68,78)(H,69,77)(H,70,76)(H,71,79)(H,72,80)(H,81,82)(H4,57,58,63)(H4,59,60,64)/t38-,40-,41+,42-,43-,44-,45-,47-/m0/s1. The average molecular weight is 1160 g/mol.